The van der Waals surface area contributed by atoms with Crippen LogP contribution in [0.25, 0.3) is 22.4 Å². The van der Waals surface area contributed by atoms with Crippen molar-refractivity contribution in [2.75, 3.05) is 6.54 Å². The lowest BCUT2D eigenvalue weighted by Gasteiger charge is -2.16. The van der Waals surface area contributed by atoms with Crippen molar-refractivity contribution in [3.05, 3.63) is 48.2 Å². The highest BCUT2D eigenvalue weighted by Gasteiger charge is 2.20. The Kier molecular flexibility index (Phi) is 5.11. The SMILES string of the molecule is CC[C@@H](CCNC(=O)c1cc(-c2cnn(C)c2)nc2onc(C)c12)n1cccn1. The molecule has 9 heteroatoms. The molecule has 1 amide bonds. The van der Waals surface area contributed by atoms with Crippen LogP contribution < -0.4 is 5.32 Å². The average molecular weight is 393 g/mol. The number of carbonyl (C=O) groups excluding carboxylic acids is 1. The van der Waals surface area contributed by atoms with Crippen LogP contribution in [0.4, 0.5) is 0 Å². The Morgan fingerprint density at radius 2 is 2.21 bits per heavy atom. The number of fused-ring (bicyclic) bond motifs is 1. The smallest absolute Gasteiger partial charge is 0.259 e. The van der Waals surface area contributed by atoms with E-state index in [1.807, 2.05) is 30.2 Å². The van der Waals surface area contributed by atoms with Crippen molar-refractivity contribution in [1.82, 2.24) is 35.0 Å². The van der Waals surface area contributed by atoms with E-state index in [1.54, 1.807) is 30.1 Å². The van der Waals surface area contributed by atoms with Gasteiger partial charge in [-0.2, -0.15) is 10.2 Å². The zero-order valence-electron chi connectivity index (χ0n) is 16.7. The number of aryl methyl sites for hydroxylation is 2. The summed E-state index contributed by atoms with van der Waals surface area (Å²) in [4.78, 5) is 17.5. The Labute approximate surface area is 167 Å². The van der Waals surface area contributed by atoms with E-state index in [0.717, 1.165) is 18.4 Å². The molecule has 4 aromatic rings. The van der Waals surface area contributed by atoms with Gasteiger partial charge in [-0.15, -0.1) is 0 Å². The zero-order chi connectivity index (χ0) is 20.4. The molecule has 1 N–H and O–H groups in total. The van der Waals surface area contributed by atoms with Crippen molar-refractivity contribution in [2.45, 2.75) is 32.7 Å². The number of carbonyl (C=O) groups is 1. The quantitative estimate of drug-likeness (QED) is 0.518. The first-order valence-corrected chi connectivity index (χ1v) is 9.60. The Balaban J connectivity index is 1.57. The molecule has 0 fully saturated rings. The fourth-order valence-corrected chi connectivity index (χ4v) is 3.44. The van der Waals surface area contributed by atoms with Crippen molar-refractivity contribution in [3.63, 3.8) is 0 Å². The lowest BCUT2D eigenvalue weighted by atomic mass is 10.1. The van der Waals surface area contributed by atoms with E-state index in [2.05, 4.69) is 32.6 Å². The molecule has 4 rings (SSSR count). The molecule has 0 aliphatic heterocycles. The zero-order valence-corrected chi connectivity index (χ0v) is 16.7. The average Bonchev–Trinajstić information content (AvgIpc) is 3.46. The van der Waals surface area contributed by atoms with Crippen LogP contribution in [0.3, 0.4) is 0 Å². The molecule has 0 aliphatic rings. The maximum Gasteiger partial charge on any atom is 0.259 e. The van der Waals surface area contributed by atoms with Gasteiger partial charge in [0.05, 0.1) is 34.6 Å². The van der Waals surface area contributed by atoms with Crippen molar-refractivity contribution in [2.24, 2.45) is 7.05 Å². The van der Waals surface area contributed by atoms with Gasteiger partial charge in [-0.25, -0.2) is 4.98 Å². The lowest BCUT2D eigenvalue weighted by Crippen LogP contribution is -2.27. The number of amides is 1. The third-order valence-corrected chi connectivity index (χ3v) is 5.00. The van der Waals surface area contributed by atoms with Gasteiger partial charge < -0.3 is 9.84 Å². The molecule has 4 aromatic heterocycles. The highest BCUT2D eigenvalue weighted by Crippen LogP contribution is 2.26. The van der Waals surface area contributed by atoms with E-state index < -0.39 is 0 Å². The highest BCUT2D eigenvalue weighted by atomic mass is 16.5. The van der Waals surface area contributed by atoms with E-state index in [1.165, 1.54) is 0 Å². The molecule has 0 bridgehead atoms. The van der Waals surface area contributed by atoms with Crippen LogP contribution in [0.2, 0.25) is 0 Å². The molecule has 0 radical (unpaired) electrons. The van der Waals surface area contributed by atoms with Crippen LogP contribution in [-0.4, -0.2) is 42.2 Å². The summed E-state index contributed by atoms with van der Waals surface area (Å²) < 4.78 is 8.96. The van der Waals surface area contributed by atoms with Gasteiger partial charge in [-0.3, -0.25) is 14.2 Å². The van der Waals surface area contributed by atoms with E-state index in [0.29, 0.717) is 34.6 Å². The topological polar surface area (TPSA) is 104 Å². The minimum absolute atomic E-state index is 0.177. The molecule has 4 heterocycles. The number of nitrogens with one attached hydrogen (secondary N) is 1. The summed E-state index contributed by atoms with van der Waals surface area (Å²) in [6.45, 7) is 4.45. The third-order valence-electron chi connectivity index (χ3n) is 5.00. The monoisotopic (exact) mass is 393 g/mol. The molecule has 0 spiro atoms. The molecule has 1 atom stereocenters. The van der Waals surface area contributed by atoms with Gasteiger partial charge in [0.15, 0.2) is 0 Å². The van der Waals surface area contributed by atoms with Gasteiger partial charge in [0.25, 0.3) is 11.6 Å². The Bertz CT molecular complexity index is 1130. The summed E-state index contributed by atoms with van der Waals surface area (Å²) in [5.41, 5.74) is 2.91. The largest absolute Gasteiger partial charge is 0.352 e. The van der Waals surface area contributed by atoms with Crippen LogP contribution in [0.15, 0.2) is 41.4 Å². The number of aromatic nitrogens is 6. The van der Waals surface area contributed by atoms with E-state index in [4.69, 9.17) is 4.52 Å². The molecule has 0 saturated carbocycles. The number of hydrogen-bond acceptors (Lipinski definition) is 6. The number of hydrogen-bond donors (Lipinski definition) is 1. The van der Waals surface area contributed by atoms with Crippen LogP contribution in [0, 0.1) is 6.92 Å². The van der Waals surface area contributed by atoms with Gasteiger partial charge in [0.2, 0.25) is 0 Å². The van der Waals surface area contributed by atoms with Crippen LogP contribution in [0.5, 0.6) is 0 Å². The first-order valence-electron chi connectivity index (χ1n) is 9.60. The highest BCUT2D eigenvalue weighted by molar-refractivity contribution is 6.06. The third kappa shape index (κ3) is 3.75. The van der Waals surface area contributed by atoms with Crippen LogP contribution in [-0.2, 0) is 7.05 Å². The predicted octanol–water partition coefficient (Wildman–Crippen LogP) is 2.90. The van der Waals surface area contributed by atoms with E-state index in [9.17, 15) is 4.79 Å². The van der Waals surface area contributed by atoms with Gasteiger partial charge in [0, 0.05) is 37.7 Å². The molecular weight excluding hydrogens is 370 g/mol. The minimum atomic E-state index is -0.177. The van der Waals surface area contributed by atoms with Crippen LogP contribution >= 0.6 is 0 Å². The fraction of sp³-hybridized carbons (Fsp3) is 0.350. The molecule has 9 nitrogen and oxygen atoms in total. The predicted molar refractivity (Wildman–Crippen MR) is 107 cm³/mol. The number of rotatable bonds is 7. The first kappa shape index (κ1) is 18.9. The maximum absolute atomic E-state index is 13.0. The first-order chi connectivity index (χ1) is 14.1. The number of pyridine rings is 1. The molecule has 0 saturated heterocycles. The molecule has 0 unspecified atom stereocenters. The van der Waals surface area contributed by atoms with Crippen LogP contribution in [0.1, 0.15) is 41.9 Å². The summed E-state index contributed by atoms with van der Waals surface area (Å²) in [7, 11) is 1.83. The molecule has 29 heavy (non-hydrogen) atoms. The second-order valence-electron chi connectivity index (χ2n) is 7.00. The van der Waals surface area contributed by atoms with Crippen molar-refractivity contribution in [1.29, 1.82) is 0 Å². The summed E-state index contributed by atoms with van der Waals surface area (Å²) in [5, 5.41) is 16.1. The molecular formula is C20H23N7O2. The van der Waals surface area contributed by atoms with Crippen molar-refractivity contribution in [3.8, 4) is 11.3 Å². The summed E-state index contributed by atoms with van der Waals surface area (Å²) in [6, 6.07) is 3.92. The number of nitrogens with zero attached hydrogens (tertiary/aromatic N) is 6. The summed E-state index contributed by atoms with van der Waals surface area (Å²) >= 11 is 0. The van der Waals surface area contributed by atoms with Gasteiger partial charge in [0.1, 0.15) is 0 Å². The van der Waals surface area contributed by atoms with Gasteiger partial charge in [-0.05, 0) is 31.9 Å². The van der Waals surface area contributed by atoms with Crippen molar-refractivity contribution >= 4 is 17.0 Å². The second-order valence-corrected chi connectivity index (χ2v) is 7.00. The summed E-state index contributed by atoms with van der Waals surface area (Å²) in [6.07, 6.45) is 8.99. The van der Waals surface area contributed by atoms with Crippen molar-refractivity contribution < 1.29 is 9.32 Å². The van der Waals surface area contributed by atoms with E-state index >= 15 is 0 Å². The molecule has 150 valence electrons. The van der Waals surface area contributed by atoms with Gasteiger partial charge >= 0.3 is 0 Å². The Morgan fingerprint density at radius 3 is 2.90 bits per heavy atom. The Hall–Kier alpha value is -3.49. The lowest BCUT2D eigenvalue weighted by molar-refractivity contribution is 0.0952. The van der Waals surface area contributed by atoms with Gasteiger partial charge in [-0.1, -0.05) is 12.1 Å². The molecule has 0 aliphatic carbocycles. The second kappa shape index (κ2) is 7.86. The maximum atomic E-state index is 13.0. The molecule has 0 aromatic carbocycles. The summed E-state index contributed by atoms with van der Waals surface area (Å²) in [5.74, 6) is -0.177. The fourth-order valence-electron chi connectivity index (χ4n) is 3.44. The van der Waals surface area contributed by atoms with E-state index in [-0.39, 0.29) is 11.9 Å². The normalized spacial score (nSPS) is 12.4. The Morgan fingerprint density at radius 1 is 1.34 bits per heavy atom. The standard InChI is InChI=1S/C20H23N7O2/c1-4-15(27-9-5-7-22-27)6-8-21-19(28)16-10-17(14-11-23-26(3)12-14)24-20-18(16)13(2)25-29-20/h5,7,9-12,15H,4,6,8H2,1-3H3,(H,21,28)/t15-/m0/s1. The minimum Gasteiger partial charge on any atom is -0.352 e.